The van der Waals surface area contributed by atoms with Gasteiger partial charge in [0, 0.05) is 12.2 Å². The first-order chi connectivity index (χ1) is 9.11. The summed E-state index contributed by atoms with van der Waals surface area (Å²) >= 11 is 0. The maximum Gasteiger partial charge on any atom is 0.160 e. The van der Waals surface area contributed by atoms with E-state index >= 15 is 0 Å². The molecule has 2 rings (SSSR count). The molecule has 1 aromatic rings. The van der Waals surface area contributed by atoms with Gasteiger partial charge in [-0.05, 0) is 31.7 Å². The maximum absolute atomic E-state index is 6.09. The fourth-order valence-electron chi connectivity index (χ4n) is 3.03. The molecule has 4 nitrogen and oxygen atoms in total. The third-order valence-corrected chi connectivity index (χ3v) is 4.43. The van der Waals surface area contributed by atoms with Gasteiger partial charge in [0.15, 0.2) is 5.75 Å². The molecule has 1 aliphatic rings. The minimum absolute atomic E-state index is 0.0146. The lowest BCUT2D eigenvalue weighted by atomic mass is 9.73. The minimum atomic E-state index is -0.0146. The molecule has 0 aliphatic heterocycles. The Hall–Kier alpha value is -1.29. The quantitative estimate of drug-likeness (QED) is 0.877. The zero-order chi connectivity index (χ0) is 13.9. The van der Waals surface area contributed by atoms with Crippen molar-refractivity contribution in [1.29, 1.82) is 0 Å². The van der Waals surface area contributed by atoms with Crippen LogP contribution in [0, 0.1) is 12.8 Å². The predicted molar refractivity (Wildman–Crippen MR) is 78.6 cm³/mol. The Balaban J connectivity index is 2.29. The Kier molecular flexibility index (Phi) is 4.30. The smallest absolute Gasteiger partial charge is 0.160 e. The number of aromatic nitrogens is 1. The van der Waals surface area contributed by atoms with Crippen LogP contribution in [0.4, 0.5) is 5.69 Å². The molecule has 1 fully saturated rings. The number of nitrogens with one attached hydrogen (secondary N) is 1. The predicted octanol–water partition coefficient (Wildman–Crippen LogP) is 2.72. The zero-order valence-electron chi connectivity index (χ0n) is 12.2. The van der Waals surface area contributed by atoms with Crippen LogP contribution in [0.1, 0.15) is 38.3 Å². The summed E-state index contributed by atoms with van der Waals surface area (Å²) in [5.74, 6) is 1.36. The molecule has 1 aromatic heterocycles. The van der Waals surface area contributed by atoms with Crippen LogP contribution >= 0.6 is 0 Å². The van der Waals surface area contributed by atoms with Crippen LogP contribution in [0.3, 0.4) is 0 Å². The number of hydrogen-bond donors (Lipinski definition) is 2. The van der Waals surface area contributed by atoms with Crippen molar-refractivity contribution in [1.82, 2.24) is 4.98 Å². The second-order valence-electron chi connectivity index (χ2n) is 5.66. The molecular weight excluding hydrogens is 238 g/mol. The van der Waals surface area contributed by atoms with Crippen molar-refractivity contribution in [3.63, 3.8) is 0 Å². The number of pyridine rings is 1. The number of anilines is 1. The first-order valence-corrected chi connectivity index (χ1v) is 7.10. The van der Waals surface area contributed by atoms with Gasteiger partial charge in [-0.1, -0.05) is 19.8 Å². The second-order valence-corrected chi connectivity index (χ2v) is 5.66. The molecule has 106 valence electrons. The van der Waals surface area contributed by atoms with Gasteiger partial charge in [-0.15, -0.1) is 0 Å². The second kappa shape index (κ2) is 5.78. The van der Waals surface area contributed by atoms with E-state index in [1.165, 1.54) is 19.3 Å². The average molecular weight is 263 g/mol. The van der Waals surface area contributed by atoms with Crippen molar-refractivity contribution in [3.8, 4) is 5.75 Å². The van der Waals surface area contributed by atoms with E-state index in [1.54, 1.807) is 13.3 Å². The highest BCUT2D eigenvalue weighted by Gasteiger charge is 2.37. The highest BCUT2D eigenvalue weighted by Crippen LogP contribution is 2.38. The first kappa shape index (κ1) is 14.1. The molecule has 2 unspecified atom stereocenters. The topological polar surface area (TPSA) is 60.2 Å². The van der Waals surface area contributed by atoms with Crippen molar-refractivity contribution in [2.45, 2.75) is 45.1 Å². The molecule has 0 bridgehead atoms. The van der Waals surface area contributed by atoms with Gasteiger partial charge in [-0.3, -0.25) is 4.98 Å². The molecule has 0 aromatic carbocycles. The summed E-state index contributed by atoms with van der Waals surface area (Å²) in [4.78, 5) is 4.28. The van der Waals surface area contributed by atoms with E-state index in [0.717, 1.165) is 23.6 Å². The minimum Gasteiger partial charge on any atom is -0.493 e. The molecule has 19 heavy (non-hydrogen) atoms. The van der Waals surface area contributed by atoms with E-state index in [1.807, 2.05) is 13.0 Å². The zero-order valence-corrected chi connectivity index (χ0v) is 12.2. The van der Waals surface area contributed by atoms with Crippen LogP contribution in [0.2, 0.25) is 0 Å². The Morgan fingerprint density at radius 2 is 2.32 bits per heavy atom. The lowest BCUT2D eigenvalue weighted by Gasteiger charge is -2.43. The van der Waals surface area contributed by atoms with Gasteiger partial charge < -0.3 is 15.8 Å². The normalized spacial score (nSPS) is 27.1. The third-order valence-electron chi connectivity index (χ3n) is 4.43. The summed E-state index contributed by atoms with van der Waals surface area (Å²) in [7, 11) is 1.68. The van der Waals surface area contributed by atoms with Gasteiger partial charge in [0.05, 0.1) is 24.5 Å². The van der Waals surface area contributed by atoms with Crippen LogP contribution in [0.5, 0.6) is 5.75 Å². The summed E-state index contributed by atoms with van der Waals surface area (Å²) in [5.41, 5.74) is 8.07. The molecule has 4 heteroatoms. The van der Waals surface area contributed by atoms with Gasteiger partial charge in [0.2, 0.25) is 0 Å². The Morgan fingerprint density at radius 3 is 2.95 bits per heavy atom. The van der Waals surface area contributed by atoms with Crippen LogP contribution in [0.25, 0.3) is 0 Å². The van der Waals surface area contributed by atoms with Crippen molar-refractivity contribution >= 4 is 5.69 Å². The van der Waals surface area contributed by atoms with E-state index in [-0.39, 0.29) is 5.54 Å². The largest absolute Gasteiger partial charge is 0.493 e. The van der Waals surface area contributed by atoms with Gasteiger partial charge in [0.1, 0.15) is 0 Å². The average Bonchev–Trinajstić information content (AvgIpc) is 2.42. The molecule has 1 heterocycles. The molecule has 0 amide bonds. The Labute approximate surface area is 115 Å². The fourth-order valence-corrected chi connectivity index (χ4v) is 3.03. The number of rotatable bonds is 4. The monoisotopic (exact) mass is 263 g/mol. The molecule has 0 spiro atoms. The molecular formula is C15H25N3O. The third kappa shape index (κ3) is 2.84. The van der Waals surface area contributed by atoms with Crippen LogP contribution < -0.4 is 15.8 Å². The van der Waals surface area contributed by atoms with Crippen molar-refractivity contribution in [3.05, 3.63) is 18.0 Å². The lowest BCUT2D eigenvalue weighted by molar-refractivity contribution is 0.235. The summed E-state index contributed by atoms with van der Waals surface area (Å²) in [5, 5.41) is 3.66. The highest BCUT2D eigenvalue weighted by atomic mass is 16.5. The van der Waals surface area contributed by atoms with Crippen molar-refractivity contribution in [2.24, 2.45) is 11.7 Å². The Morgan fingerprint density at radius 1 is 1.53 bits per heavy atom. The van der Waals surface area contributed by atoms with E-state index in [4.69, 9.17) is 10.5 Å². The van der Waals surface area contributed by atoms with Crippen molar-refractivity contribution < 1.29 is 4.74 Å². The van der Waals surface area contributed by atoms with Crippen LogP contribution in [-0.4, -0.2) is 24.2 Å². The number of nitrogens with two attached hydrogens (primary N) is 1. The Bertz CT molecular complexity index is 435. The van der Waals surface area contributed by atoms with Crippen LogP contribution in [0.15, 0.2) is 12.3 Å². The van der Waals surface area contributed by atoms with Gasteiger partial charge in [-0.25, -0.2) is 0 Å². The highest BCUT2D eigenvalue weighted by molar-refractivity contribution is 5.57. The summed E-state index contributed by atoms with van der Waals surface area (Å²) in [6.45, 7) is 4.93. The summed E-state index contributed by atoms with van der Waals surface area (Å²) in [6.07, 6.45) is 6.67. The van der Waals surface area contributed by atoms with E-state index in [9.17, 15) is 0 Å². The standard InChI is InChI=1S/C15H25N3O/c1-11-6-4-5-7-15(11,10-16)18-13-8-12(2)17-9-14(13)19-3/h8-9,11H,4-7,10,16H2,1-3H3,(H,17,18). The molecule has 2 atom stereocenters. The van der Waals surface area contributed by atoms with E-state index < -0.39 is 0 Å². The van der Waals surface area contributed by atoms with Crippen LogP contribution in [-0.2, 0) is 0 Å². The first-order valence-electron chi connectivity index (χ1n) is 7.10. The number of hydrogen-bond acceptors (Lipinski definition) is 4. The van der Waals surface area contributed by atoms with Gasteiger partial charge in [0.25, 0.3) is 0 Å². The van der Waals surface area contributed by atoms with Crippen molar-refractivity contribution in [2.75, 3.05) is 19.0 Å². The van der Waals surface area contributed by atoms with Gasteiger partial charge in [-0.2, -0.15) is 0 Å². The van der Waals surface area contributed by atoms with E-state index in [0.29, 0.717) is 12.5 Å². The SMILES string of the molecule is COc1cnc(C)cc1NC1(CN)CCCCC1C. The molecule has 0 saturated heterocycles. The number of nitrogens with zero attached hydrogens (tertiary/aromatic N) is 1. The number of methoxy groups -OCH3 is 1. The van der Waals surface area contributed by atoms with Gasteiger partial charge >= 0.3 is 0 Å². The summed E-state index contributed by atoms with van der Waals surface area (Å²) in [6, 6.07) is 2.04. The molecule has 0 radical (unpaired) electrons. The van der Waals surface area contributed by atoms with E-state index in [2.05, 4.69) is 17.2 Å². The number of aryl methyl sites for hydroxylation is 1. The fraction of sp³-hybridized carbons (Fsp3) is 0.667. The lowest BCUT2D eigenvalue weighted by Crippen LogP contribution is -2.52. The molecule has 1 saturated carbocycles. The molecule has 1 aliphatic carbocycles. The summed E-state index contributed by atoms with van der Waals surface area (Å²) < 4.78 is 5.40. The maximum atomic E-state index is 6.09. The number of ether oxygens (including phenoxy) is 1. The molecule has 3 N–H and O–H groups in total.